The summed E-state index contributed by atoms with van der Waals surface area (Å²) in [6.07, 6.45) is 4.85. The van der Waals surface area contributed by atoms with Crippen LogP contribution in [0.25, 0.3) is 0 Å². The van der Waals surface area contributed by atoms with Crippen molar-refractivity contribution < 1.29 is 14.3 Å². The molecular formula is C17H23NO3S. The van der Waals surface area contributed by atoms with Crippen molar-refractivity contribution in [1.29, 1.82) is 0 Å². The Hall–Kier alpha value is -1.36. The summed E-state index contributed by atoms with van der Waals surface area (Å²) in [4.78, 5) is 13.2. The Bertz CT molecular complexity index is 535. The molecule has 120 valence electrons. The Labute approximate surface area is 135 Å². The molecule has 0 bridgehead atoms. The molecule has 0 saturated heterocycles. The summed E-state index contributed by atoms with van der Waals surface area (Å²) in [5, 5.41) is 3.19. The van der Waals surface area contributed by atoms with Gasteiger partial charge >= 0.3 is 0 Å². The molecule has 1 heterocycles. The number of hydrogen-bond donors (Lipinski definition) is 1. The third kappa shape index (κ3) is 3.88. The van der Waals surface area contributed by atoms with Crippen LogP contribution in [-0.2, 0) is 4.79 Å². The quantitative estimate of drug-likeness (QED) is 0.865. The highest BCUT2D eigenvalue weighted by molar-refractivity contribution is 8.00. The number of fused-ring (bicyclic) bond motifs is 1. The van der Waals surface area contributed by atoms with E-state index in [1.165, 1.54) is 19.3 Å². The van der Waals surface area contributed by atoms with E-state index in [1.54, 1.807) is 11.8 Å². The van der Waals surface area contributed by atoms with Crippen LogP contribution in [-0.4, -0.2) is 30.9 Å². The van der Waals surface area contributed by atoms with Crippen molar-refractivity contribution in [2.75, 3.05) is 19.0 Å². The first-order valence-electron chi connectivity index (χ1n) is 8.04. The number of amides is 1. The molecule has 1 aromatic carbocycles. The Morgan fingerprint density at radius 3 is 2.82 bits per heavy atom. The third-order valence-electron chi connectivity index (χ3n) is 4.34. The number of carbonyl (C=O) groups is 1. The highest BCUT2D eigenvalue weighted by atomic mass is 32.2. The molecule has 0 spiro atoms. The van der Waals surface area contributed by atoms with Crippen LogP contribution in [0.15, 0.2) is 23.1 Å². The minimum Gasteiger partial charge on any atom is -0.486 e. The van der Waals surface area contributed by atoms with E-state index in [9.17, 15) is 4.79 Å². The van der Waals surface area contributed by atoms with Crippen LogP contribution >= 0.6 is 11.8 Å². The first-order chi connectivity index (χ1) is 10.7. The zero-order valence-corrected chi connectivity index (χ0v) is 13.8. The summed E-state index contributed by atoms with van der Waals surface area (Å²) >= 11 is 1.54. The average molecular weight is 321 g/mol. The summed E-state index contributed by atoms with van der Waals surface area (Å²) in [6.45, 7) is 3.42. The lowest BCUT2D eigenvalue weighted by molar-refractivity contribution is -0.119. The topological polar surface area (TPSA) is 47.6 Å². The number of thioether (sulfide) groups is 1. The van der Waals surface area contributed by atoms with Crippen LogP contribution in [0.4, 0.5) is 0 Å². The van der Waals surface area contributed by atoms with Gasteiger partial charge in [0.1, 0.15) is 13.2 Å². The minimum atomic E-state index is 0.124. The zero-order chi connectivity index (χ0) is 15.4. The molecule has 5 heteroatoms. The molecule has 2 atom stereocenters. The number of nitrogens with one attached hydrogen (secondary N) is 1. The SMILES string of the molecule is CC1CCCCC1NC(=O)CSc1ccc2c(c1)OCCO2. The highest BCUT2D eigenvalue weighted by Gasteiger charge is 2.22. The van der Waals surface area contributed by atoms with Crippen molar-refractivity contribution in [1.82, 2.24) is 5.32 Å². The van der Waals surface area contributed by atoms with Crippen LogP contribution in [0, 0.1) is 5.92 Å². The van der Waals surface area contributed by atoms with E-state index in [0.29, 0.717) is 30.9 Å². The van der Waals surface area contributed by atoms with Gasteiger partial charge in [0, 0.05) is 10.9 Å². The molecule has 1 N–H and O–H groups in total. The number of benzene rings is 1. The van der Waals surface area contributed by atoms with Gasteiger partial charge in [-0.2, -0.15) is 0 Å². The van der Waals surface area contributed by atoms with E-state index in [4.69, 9.17) is 9.47 Å². The molecule has 1 amide bonds. The third-order valence-corrected chi connectivity index (χ3v) is 5.34. The predicted molar refractivity (Wildman–Crippen MR) is 87.7 cm³/mol. The van der Waals surface area contributed by atoms with E-state index in [0.717, 1.165) is 22.8 Å². The summed E-state index contributed by atoms with van der Waals surface area (Å²) < 4.78 is 11.1. The van der Waals surface area contributed by atoms with Gasteiger partial charge in [-0.05, 0) is 37.0 Å². The molecule has 1 fully saturated rings. The minimum absolute atomic E-state index is 0.124. The lowest BCUT2D eigenvalue weighted by atomic mass is 9.86. The van der Waals surface area contributed by atoms with Gasteiger partial charge in [-0.3, -0.25) is 4.79 Å². The number of rotatable bonds is 4. The highest BCUT2D eigenvalue weighted by Crippen LogP contribution is 2.34. The van der Waals surface area contributed by atoms with Crippen LogP contribution in [0.3, 0.4) is 0 Å². The monoisotopic (exact) mass is 321 g/mol. The molecular weight excluding hydrogens is 298 g/mol. The van der Waals surface area contributed by atoms with Crippen LogP contribution in [0.1, 0.15) is 32.6 Å². The van der Waals surface area contributed by atoms with E-state index < -0.39 is 0 Å². The first kappa shape index (κ1) is 15.5. The standard InChI is InChI=1S/C17H23NO3S/c1-12-4-2-3-5-14(12)18-17(19)11-22-13-6-7-15-16(10-13)21-9-8-20-15/h6-7,10,12,14H,2-5,8-9,11H2,1H3,(H,18,19). The summed E-state index contributed by atoms with van der Waals surface area (Å²) in [7, 11) is 0. The first-order valence-corrected chi connectivity index (χ1v) is 9.03. The molecule has 0 radical (unpaired) electrons. The number of ether oxygens (including phenoxy) is 2. The summed E-state index contributed by atoms with van der Waals surface area (Å²) in [5.74, 6) is 2.73. The van der Waals surface area contributed by atoms with Gasteiger partial charge in [-0.1, -0.05) is 19.8 Å². The van der Waals surface area contributed by atoms with Gasteiger partial charge in [0.15, 0.2) is 11.5 Å². The van der Waals surface area contributed by atoms with Crippen molar-refractivity contribution in [3.8, 4) is 11.5 Å². The van der Waals surface area contributed by atoms with E-state index in [-0.39, 0.29) is 5.91 Å². The average Bonchev–Trinajstić information content (AvgIpc) is 2.55. The van der Waals surface area contributed by atoms with Crippen LogP contribution in [0.5, 0.6) is 11.5 Å². The van der Waals surface area contributed by atoms with Gasteiger partial charge in [-0.25, -0.2) is 0 Å². The van der Waals surface area contributed by atoms with Gasteiger partial charge in [-0.15, -0.1) is 11.8 Å². The molecule has 1 aromatic rings. The summed E-state index contributed by atoms with van der Waals surface area (Å²) in [5.41, 5.74) is 0. The maximum absolute atomic E-state index is 12.1. The van der Waals surface area contributed by atoms with E-state index >= 15 is 0 Å². The van der Waals surface area contributed by atoms with Crippen molar-refractivity contribution in [2.45, 2.75) is 43.5 Å². The van der Waals surface area contributed by atoms with Crippen molar-refractivity contribution >= 4 is 17.7 Å². The second kappa shape index (κ2) is 7.27. The number of carbonyl (C=O) groups excluding carboxylic acids is 1. The van der Waals surface area contributed by atoms with E-state index in [2.05, 4.69) is 12.2 Å². The Morgan fingerprint density at radius 1 is 1.23 bits per heavy atom. The fraction of sp³-hybridized carbons (Fsp3) is 0.588. The molecule has 0 aromatic heterocycles. The predicted octanol–water partition coefficient (Wildman–Crippen LogP) is 3.24. The molecule has 22 heavy (non-hydrogen) atoms. The molecule has 2 aliphatic rings. The van der Waals surface area contributed by atoms with Gasteiger partial charge in [0.2, 0.25) is 5.91 Å². The fourth-order valence-corrected chi connectivity index (χ4v) is 3.78. The second-order valence-corrected chi connectivity index (χ2v) is 7.08. The molecule has 1 aliphatic carbocycles. The van der Waals surface area contributed by atoms with Crippen molar-refractivity contribution in [3.05, 3.63) is 18.2 Å². The largest absolute Gasteiger partial charge is 0.486 e. The summed E-state index contributed by atoms with van der Waals surface area (Å²) in [6, 6.07) is 6.20. The van der Waals surface area contributed by atoms with Crippen LogP contribution < -0.4 is 14.8 Å². The Kier molecular flexibility index (Phi) is 5.13. The zero-order valence-electron chi connectivity index (χ0n) is 13.0. The lowest BCUT2D eigenvalue weighted by Gasteiger charge is -2.29. The number of hydrogen-bond acceptors (Lipinski definition) is 4. The lowest BCUT2D eigenvalue weighted by Crippen LogP contribution is -2.41. The van der Waals surface area contributed by atoms with E-state index in [1.807, 2.05) is 18.2 Å². The maximum Gasteiger partial charge on any atom is 0.230 e. The van der Waals surface area contributed by atoms with Gasteiger partial charge in [0.05, 0.1) is 5.75 Å². The molecule has 1 saturated carbocycles. The van der Waals surface area contributed by atoms with Crippen molar-refractivity contribution in [3.63, 3.8) is 0 Å². The van der Waals surface area contributed by atoms with Crippen molar-refractivity contribution in [2.24, 2.45) is 5.92 Å². The molecule has 1 aliphatic heterocycles. The smallest absolute Gasteiger partial charge is 0.230 e. The van der Waals surface area contributed by atoms with Gasteiger partial charge < -0.3 is 14.8 Å². The Morgan fingerprint density at radius 2 is 2.00 bits per heavy atom. The maximum atomic E-state index is 12.1. The Balaban J connectivity index is 1.50. The molecule has 3 rings (SSSR count). The normalized spacial score (nSPS) is 23.9. The molecule has 2 unspecified atom stereocenters. The fourth-order valence-electron chi connectivity index (χ4n) is 3.04. The molecule has 4 nitrogen and oxygen atoms in total. The van der Waals surface area contributed by atoms with Gasteiger partial charge in [0.25, 0.3) is 0 Å². The second-order valence-electron chi connectivity index (χ2n) is 6.03. The van der Waals surface area contributed by atoms with Crippen LogP contribution in [0.2, 0.25) is 0 Å².